The summed E-state index contributed by atoms with van der Waals surface area (Å²) in [4.78, 5) is 5.01. The number of imidazole rings is 1. The fourth-order valence-corrected chi connectivity index (χ4v) is 19.1. The van der Waals surface area contributed by atoms with Crippen LogP contribution in [0.15, 0.2) is 12.5 Å². The Morgan fingerprint density at radius 3 is 1.95 bits per heavy atom. The molecule has 3 heteroatoms. The first-order valence-electron chi connectivity index (χ1n) is 9.79. The maximum absolute atomic E-state index is 5.01. The van der Waals surface area contributed by atoms with Crippen LogP contribution in [0.5, 0.6) is 0 Å². The van der Waals surface area contributed by atoms with Gasteiger partial charge in [-0.3, -0.25) is 0 Å². The Hall–Kier alpha value is 0.00870. The monoisotopic (exact) mass is 412 g/mol. The first kappa shape index (κ1) is 18.3. The number of rotatable bonds is 11. The minimum absolute atomic E-state index is 0.772. The minimum atomic E-state index is -2.26. The molecule has 1 saturated carbocycles. The van der Waals surface area contributed by atoms with Gasteiger partial charge in [0.05, 0.1) is 0 Å². The molecule has 0 spiro atoms. The summed E-state index contributed by atoms with van der Waals surface area (Å²) in [5.74, 6) is 0. The van der Waals surface area contributed by atoms with Gasteiger partial charge in [-0.25, -0.2) is 0 Å². The van der Waals surface area contributed by atoms with Gasteiger partial charge in [-0.1, -0.05) is 0 Å². The normalized spacial score (nSPS) is 16.0. The second kappa shape index (κ2) is 9.34. The van der Waals surface area contributed by atoms with E-state index in [9.17, 15) is 0 Å². The van der Waals surface area contributed by atoms with Gasteiger partial charge in [0, 0.05) is 0 Å². The third-order valence-corrected chi connectivity index (χ3v) is 20.7. The van der Waals surface area contributed by atoms with Crippen molar-refractivity contribution in [3.8, 4) is 0 Å². The number of unbranched alkanes of at least 4 members (excludes halogenated alkanes) is 3. The van der Waals surface area contributed by atoms with Gasteiger partial charge in [0.1, 0.15) is 0 Å². The third kappa shape index (κ3) is 4.52. The molecule has 0 N–H and O–H groups in total. The van der Waals surface area contributed by atoms with Gasteiger partial charge in [-0.2, -0.15) is 0 Å². The standard InChI is InChI=1S/C7H9N2.3C4H9.Sn/c1-2-7(3-1)9-5-4-8-6-9;3*1-3-4-2;/h5-7H,1-3H2;3*1,3-4H2,2H3;. The van der Waals surface area contributed by atoms with Gasteiger partial charge in [0.15, 0.2) is 0 Å². The Balaban J connectivity index is 2.19. The van der Waals surface area contributed by atoms with Crippen LogP contribution in [0.1, 0.15) is 84.6 Å². The molecular formula is C19H36N2Sn. The molecule has 2 rings (SSSR count). The van der Waals surface area contributed by atoms with E-state index in [4.69, 9.17) is 4.98 Å². The van der Waals surface area contributed by atoms with Crippen LogP contribution < -0.4 is 3.71 Å². The molecule has 0 aromatic carbocycles. The molecule has 0 radical (unpaired) electrons. The van der Waals surface area contributed by atoms with E-state index in [1.165, 1.54) is 71.1 Å². The van der Waals surface area contributed by atoms with E-state index in [1.54, 1.807) is 3.71 Å². The van der Waals surface area contributed by atoms with Gasteiger partial charge < -0.3 is 0 Å². The molecule has 0 atom stereocenters. The molecule has 0 aliphatic heterocycles. The number of nitrogens with zero attached hydrogens (tertiary/aromatic N) is 2. The van der Waals surface area contributed by atoms with Gasteiger partial charge in [-0.05, 0) is 0 Å². The second-order valence-electron chi connectivity index (χ2n) is 7.38. The predicted octanol–water partition coefficient (Wildman–Crippen LogP) is 5.66. The van der Waals surface area contributed by atoms with Gasteiger partial charge in [0.2, 0.25) is 0 Å². The van der Waals surface area contributed by atoms with Gasteiger partial charge >= 0.3 is 142 Å². The summed E-state index contributed by atoms with van der Waals surface area (Å²) in [7, 11) is 0. The Labute approximate surface area is 142 Å². The van der Waals surface area contributed by atoms with Crippen molar-refractivity contribution < 1.29 is 0 Å². The zero-order chi connectivity index (χ0) is 15.8. The molecule has 1 heterocycles. The molecule has 126 valence electrons. The Bertz CT molecular complexity index is 401. The molecule has 2 nitrogen and oxygen atoms in total. The van der Waals surface area contributed by atoms with Crippen molar-refractivity contribution in [1.29, 1.82) is 0 Å². The van der Waals surface area contributed by atoms with Crippen molar-refractivity contribution in [2.45, 2.75) is 97.9 Å². The summed E-state index contributed by atoms with van der Waals surface area (Å²) >= 11 is -2.26. The molecule has 1 aliphatic rings. The summed E-state index contributed by atoms with van der Waals surface area (Å²) in [5, 5.41) is 0. The van der Waals surface area contributed by atoms with E-state index in [-0.39, 0.29) is 0 Å². The molecule has 0 bridgehead atoms. The number of hydrogen-bond donors (Lipinski definition) is 0. The summed E-state index contributed by atoms with van der Waals surface area (Å²) in [5.41, 5.74) is 0. The van der Waals surface area contributed by atoms with Crippen LogP contribution in [0.25, 0.3) is 0 Å². The van der Waals surface area contributed by atoms with E-state index < -0.39 is 18.4 Å². The Morgan fingerprint density at radius 1 is 1.00 bits per heavy atom. The van der Waals surface area contributed by atoms with Crippen LogP contribution in [0.3, 0.4) is 0 Å². The average molecular weight is 411 g/mol. The molecule has 1 aromatic heterocycles. The summed E-state index contributed by atoms with van der Waals surface area (Å²) in [6.45, 7) is 7.05. The third-order valence-electron chi connectivity index (χ3n) is 5.67. The van der Waals surface area contributed by atoms with Gasteiger partial charge in [0.25, 0.3) is 0 Å². The number of hydrogen-bond acceptors (Lipinski definition) is 1. The molecule has 1 fully saturated rings. The quantitative estimate of drug-likeness (QED) is 0.430. The Kier molecular flexibility index (Phi) is 7.79. The van der Waals surface area contributed by atoms with Crippen molar-refractivity contribution >= 4 is 22.1 Å². The van der Waals surface area contributed by atoms with Crippen LogP contribution in [0.4, 0.5) is 0 Å². The van der Waals surface area contributed by atoms with E-state index in [2.05, 4.69) is 37.9 Å². The summed E-state index contributed by atoms with van der Waals surface area (Å²) < 4.78 is 8.68. The summed E-state index contributed by atoms with van der Waals surface area (Å²) in [6.07, 6.45) is 17.2. The molecule has 1 aliphatic carbocycles. The van der Waals surface area contributed by atoms with Gasteiger partial charge in [-0.15, -0.1) is 0 Å². The molecular weight excluding hydrogens is 375 g/mol. The molecule has 22 heavy (non-hydrogen) atoms. The fraction of sp³-hybridized carbons (Fsp3) is 0.842. The van der Waals surface area contributed by atoms with Crippen molar-refractivity contribution in [2.24, 2.45) is 0 Å². The van der Waals surface area contributed by atoms with Crippen molar-refractivity contribution in [2.75, 3.05) is 0 Å². The van der Waals surface area contributed by atoms with Crippen molar-refractivity contribution in [1.82, 2.24) is 9.55 Å². The van der Waals surface area contributed by atoms with E-state index in [1.807, 2.05) is 0 Å². The zero-order valence-electron chi connectivity index (χ0n) is 15.1. The van der Waals surface area contributed by atoms with Crippen LogP contribution >= 0.6 is 0 Å². The van der Waals surface area contributed by atoms with E-state index in [0.717, 1.165) is 6.04 Å². The topological polar surface area (TPSA) is 17.8 Å². The molecule has 0 unspecified atom stereocenters. The van der Waals surface area contributed by atoms with Crippen molar-refractivity contribution in [3.63, 3.8) is 0 Å². The van der Waals surface area contributed by atoms with Crippen molar-refractivity contribution in [3.05, 3.63) is 12.5 Å². The fourth-order valence-electron chi connectivity index (χ4n) is 3.80. The first-order chi connectivity index (χ1) is 10.8. The zero-order valence-corrected chi connectivity index (χ0v) is 18.0. The molecule has 0 saturated heterocycles. The average Bonchev–Trinajstić information content (AvgIpc) is 2.95. The second-order valence-corrected chi connectivity index (χ2v) is 20.4. The van der Waals surface area contributed by atoms with Crippen LogP contribution in [-0.4, -0.2) is 27.9 Å². The van der Waals surface area contributed by atoms with Crippen LogP contribution in [0, 0.1) is 0 Å². The van der Waals surface area contributed by atoms with E-state index >= 15 is 0 Å². The van der Waals surface area contributed by atoms with Crippen LogP contribution in [0.2, 0.25) is 13.3 Å². The molecule has 0 amide bonds. The van der Waals surface area contributed by atoms with Crippen LogP contribution in [-0.2, 0) is 0 Å². The maximum atomic E-state index is 5.01. The summed E-state index contributed by atoms with van der Waals surface area (Å²) in [6, 6.07) is 0.772. The SMILES string of the molecule is CCC[CH2][Sn]([CH2]CCC)([CH2]CCC)[c]1cn(C2CCC2)cn1. The molecule has 1 aromatic rings. The Morgan fingerprint density at radius 2 is 1.55 bits per heavy atom. The number of aromatic nitrogens is 2. The first-order valence-corrected chi connectivity index (χ1v) is 17.3. The van der Waals surface area contributed by atoms with E-state index in [0.29, 0.717) is 0 Å². The predicted molar refractivity (Wildman–Crippen MR) is 99.6 cm³/mol.